The van der Waals surface area contributed by atoms with Gasteiger partial charge in [0.05, 0.1) is 17.7 Å². The normalized spacial score (nSPS) is 12.9. The average Bonchev–Trinajstić information content (AvgIpc) is 2.82. The standard InChI is InChI=1S/C17H18ClNO7/c18-11-5-6-12-13(9-11)17(24)19(16(12)23)26-15(22)10-14(21)25-8-4-2-1-3-7-20/h5-6,9,20H,1-4,7-8,10H2. The molecule has 9 heteroatoms. The average molecular weight is 384 g/mol. The van der Waals surface area contributed by atoms with Crippen molar-refractivity contribution < 1.29 is 33.9 Å². The van der Waals surface area contributed by atoms with Gasteiger partial charge in [0.1, 0.15) is 6.42 Å². The number of ether oxygens (including phenoxy) is 1. The van der Waals surface area contributed by atoms with E-state index in [1.807, 2.05) is 0 Å². The number of aliphatic hydroxyl groups is 1. The number of benzene rings is 1. The molecule has 1 aliphatic rings. The summed E-state index contributed by atoms with van der Waals surface area (Å²) < 4.78 is 4.88. The molecular weight excluding hydrogens is 366 g/mol. The van der Waals surface area contributed by atoms with Gasteiger partial charge in [-0.1, -0.05) is 23.1 Å². The minimum Gasteiger partial charge on any atom is -0.465 e. The maximum Gasteiger partial charge on any atom is 0.344 e. The van der Waals surface area contributed by atoms with Gasteiger partial charge in [0.2, 0.25) is 0 Å². The summed E-state index contributed by atoms with van der Waals surface area (Å²) in [6, 6.07) is 4.10. The summed E-state index contributed by atoms with van der Waals surface area (Å²) in [6.07, 6.45) is 2.19. The van der Waals surface area contributed by atoms with Gasteiger partial charge in [0, 0.05) is 11.6 Å². The Balaban J connectivity index is 1.79. The van der Waals surface area contributed by atoms with Crippen LogP contribution in [0.3, 0.4) is 0 Å². The lowest BCUT2D eigenvalue weighted by Crippen LogP contribution is -2.33. The Hall–Kier alpha value is -2.45. The van der Waals surface area contributed by atoms with Crippen LogP contribution in [0.4, 0.5) is 0 Å². The molecule has 0 saturated heterocycles. The Morgan fingerprint density at radius 1 is 1.00 bits per heavy atom. The predicted molar refractivity (Wildman–Crippen MR) is 89.2 cm³/mol. The lowest BCUT2D eigenvalue weighted by molar-refractivity contribution is -0.172. The zero-order chi connectivity index (χ0) is 19.1. The van der Waals surface area contributed by atoms with Crippen molar-refractivity contribution in [2.75, 3.05) is 13.2 Å². The fourth-order valence-electron chi connectivity index (χ4n) is 2.33. The third kappa shape index (κ3) is 5.03. The number of esters is 1. The smallest absolute Gasteiger partial charge is 0.344 e. The van der Waals surface area contributed by atoms with Gasteiger partial charge < -0.3 is 14.7 Å². The molecule has 0 spiro atoms. The molecule has 0 radical (unpaired) electrons. The van der Waals surface area contributed by atoms with E-state index in [1.165, 1.54) is 18.2 Å². The van der Waals surface area contributed by atoms with Crippen LogP contribution in [0.5, 0.6) is 0 Å². The molecule has 0 aliphatic carbocycles. The molecule has 2 rings (SSSR count). The molecule has 8 nitrogen and oxygen atoms in total. The topological polar surface area (TPSA) is 110 Å². The van der Waals surface area contributed by atoms with E-state index in [0.29, 0.717) is 17.9 Å². The molecule has 1 aromatic rings. The third-order valence-electron chi connectivity index (χ3n) is 3.61. The summed E-state index contributed by atoms with van der Waals surface area (Å²) >= 11 is 5.78. The van der Waals surface area contributed by atoms with E-state index >= 15 is 0 Å². The minimum absolute atomic E-state index is 0.0285. The number of hydrogen-bond acceptors (Lipinski definition) is 7. The number of fused-ring (bicyclic) bond motifs is 1. The number of aliphatic hydroxyl groups excluding tert-OH is 1. The van der Waals surface area contributed by atoms with Gasteiger partial charge in [0.25, 0.3) is 11.8 Å². The number of hydrogen-bond donors (Lipinski definition) is 1. The molecular formula is C17H18ClNO7. The number of rotatable bonds is 9. The molecule has 0 unspecified atom stereocenters. The Bertz CT molecular complexity index is 719. The van der Waals surface area contributed by atoms with E-state index in [0.717, 1.165) is 12.8 Å². The van der Waals surface area contributed by atoms with Crippen molar-refractivity contribution in [2.45, 2.75) is 32.1 Å². The molecule has 2 amide bonds. The maximum absolute atomic E-state index is 12.1. The third-order valence-corrected chi connectivity index (χ3v) is 3.84. The number of carbonyl (C=O) groups is 4. The van der Waals surface area contributed by atoms with Gasteiger partial charge >= 0.3 is 11.9 Å². The van der Waals surface area contributed by atoms with Crippen LogP contribution < -0.4 is 0 Å². The molecule has 1 aromatic carbocycles. The summed E-state index contributed by atoms with van der Waals surface area (Å²) in [5.41, 5.74) is 0.0958. The van der Waals surface area contributed by atoms with Crippen molar-refractivity contribution in [1.29, 1.82) is 0 Å². The maximum atomic E-state index is 12.1. The van der Waals surface area contributed by atoms with Crippen LogP contribution in [-0.2, 0) is 19.2 Å². The first-order chi connectivity index (χ1) is 12.4. The van der Waals surface area contributed by atoms with Gasteiger partial charge in [-0.2, -0.15) is 0 Å². The highest BCUT2D eigenvalue weighted by Crippen LogP contribution is 2.26. The summed E-state index contributed by atoms with van der Waals surface area (Å²) in [6.45, 7) is 0.263. The Labute approximate surface area is 154 Å². The molecule has 0 fully saturated rings. The van der Waals surface area contributed by atoms with Crippen LogP contribution in [0.15, 0.2) is 18.2 Å². The molecule has 1 heterocycles. The number of unbranched alkanes of at least 4 members (excludes halogenated alkanes) is 3. The van der Waals surface area contributed by atoms with E-state index in [2.05, 4.69) is 0 Å². The monoisotopic (exact) mass is 383 g/mol. The van der Waals surface area contributed by atoms with Crippen LogP contribution in [0.25, 0.3) is 0 Å². The van der Waals surface area contributed by atoms with E-state index in [-0.39, 0.29) is 29.4 Å². The number of amides is 2. The van der Waals surface area contributed by atoms with Crippen molar-refractivity contribution in [3.63, 3.8) is 0 Å². The van der Waals surface area contributed by atoms with Crippen LogP contribution in [0.1, 0.15) is 52.8 Å². The van der Waals surface area contributed by atoms with E-state index < -0.39 is 30.2 Å². The quantitative estimate of drug-likeness (QED) is 0.300. The number of halogens is 1. The summed E-state index contributed by atoms with van der Waals surface area (Å²) in [4.78, 5) is 52.3. The number of imide groups is 1. The molecule has 0 aromatic heterocycles. The van der Waals surface area contributed by atoms with Crippen LogP contribution >= 0.6 is 11.6 Å². The van der Waals surface area contributed by atoms with Gasteiger partial charge in [-0.3, -0.25) is 14.4 Å². The van der Waals surface area contributed by atoms with Gasteiger partial charge in [-0.15, -0.1) is 0 Å². The zero-order valence-electron chi connectivity index (χ0n) is 13.9. The Morgan fingerprint density at radius 2 is 1.69 bits per heavy atom. The Morgan fingerprint density at radius 3 is 2.42 bits per heavy atom. The van der Waals surface area contributed by atoms with E-state index in [9.17, 15) is 19.2 Å². The van der Waals surface area contributed by atoms with Crippen molar-refractivity contribution in [3.05, 3.63) is 34.3 Å². The molecule has 140 valence electrons. The first-order valence-corrected chi connectivity index (χ1v) is 8.47. The fourth-order valence-corrected chi connectivity index (χ4v) is 2.50. The summed E-state index contributed by atoms with van der Waals surface area (Å²) in [5, 5.41) is 9.22. The van der Waals surface area contributed by atoms with Crippen molar-refractivity contribution >= 4 is 35.4 Å². The van der Waals surface area contributed by atoms with E-state index in [4.69, 9.17) is 26.3 Å². The summed E-state index contributed by atoms with van der Waals surface area (Å²) in [7, 11) is 0. The second-order valence-corrected chi connectivity index (χ2v) is 6.03. The van der Waals surface area contributed by atoms with Gasteiger partial charge in [-0.25, -0.2) is 4.79 Å². The first kappa shape index (κ1) is 19.9. The summed E-state index contributed by atoms with van der Waals surface area (Å²) in [5.74, 6) is -3.50. The van der Waals surface area contributed by atoms with Crippen molar-refractivity contribution in [2.24, 2.45) is 0 Å². The first-order valence-electron chi connectivity index (χ1n) is 8.09. The van der Waals surface area contributed by atoms with Gasteiger partial charge in [0.15, 0.2) is 0 Å². The van der Waals surface area contributed by atoms with Crippen molar-refractivity contribution in [1.82, 2.24) is 5.06 Å². The highest BCUT2D eigenvalue weighted by Gasteiger charge is 2.39. The largest absolute Gasteiger partial charge is 0.465 e. The molecule has 26 heavy (non-hydrogen) atoms. The van der Waals surface area contributed by atoms with Crippen molar-refractivity contribution in [3.8, 4) is 0 Å². The van der Waals surface area contributed by atoms with Gasteiger partial charge in [-0.05, 0) is 37.5 Å². The molecule has 1 N–H and O–H groups in total. The number of nitrogens with zero attached hydrogens (tertiary/aromatic N) is 1. The molecule has 1 aliphatic heterocycles. The SMILES string of the molecule is O=C(CC(=O)ON1C(=O)c2ccc(Cl)cc2C1=O)OCCCCCCO. The second kappa shape index (κ2) is 9.30. The Kier molecular flexibility index (Phi) is 7.11. The number of hydroxylamine groups is 2. The predicted octanol–water partition coefficient (Wildman–Crippen LogP) is 1.88. The molecule has 0 bridgehead atoms. The lowest BCUT2D eigenvalue weighted by atomic mass is 10.1. The van der Waals surface area contributed by atoms with Crippen LogP contribution in [-0.4, -0.2) is 47.1 Å². The highest BCUT2D eigenvalue weighted by molar-refractivity contribution is 6.32. The fraction of sp³-hybridized carbons (Fsp3) is 0.412. The molecule has 0 saturated carbocycles. The minimum atomic E-state index is -1.07. The zero-order valence-corrected chi connectivity index (χ0v) is 14.7. The lowest BCUT2D eigenvalue weighted by Gasteiger charge is -2.12. The number of carbonyl (C=O) groups excluding carboxylic acids is 4. The highest BCUT2D eigenvalue weighted by atomic mass is 35.5. The van der Waals surface area contributed by atoms with Crippen LogP contribution in [0.2, 0.25) is 5.02 Å². The molecule has 0 atom stereocenters. The van der Waals surface area contributed by atoms with Crippen LogP contribution in [0, 0.1) is 0 Å². The second-order valence-electron chi connectivity index (χ2n) is 5.59. The van der Waals surface area contributed by atoms with E-state index in [1.54, 1.807) is 0 Å².